The number of alkyl carbamates (subject to hydrolysis) is 1. The number of aliphatic hydroxyl groups is 1. The molecule has 1 aliphatic heterocycles. The lowest BCUT2D eigenvalue weighted by Gasteiger charge is -2.27. The van der Waals surface area contributed by atoms with E-state index in [1.165, 1.54) is 5.56 Å². The summed E-state index contributed by atoms with van der Waals surface area (Å²) in [5.74, 6) is 1.83. The number of fused-ring (bicyclic) bond motifs is 1. The van der Waals surface area contributed by atoms with Crippen LogP contribution in [0.5, 0.6) is 0 Å². The van der Waals surface area contributed by atoms with Gasteiger partial charge in [-0.25, -0.2) is 4.79 Å². The minimum atomic E-state index is -0.458. The van der Waals surface area contributed by atoms with Gasteiger partial charge in [-0.3, -0.25) is 4.90 Å². The SMILES string of the molecule is CC(C)(C)OC(=O)NCC[C@@H]1[C@H]2CN(Cc3ccccc3)[C@H](CO)[C@@H]12. The number of hydrogen-bond acceptors (Lipinski definition) is 4. The fraction of sp³-hybridized carbons (Fsp3) is 0.650. The molecule has 0 bridgehead atoms. The Kier molecular flexibility index (Phi) is 5.35. The van der Waals surface area contributed by atoms with Crippen LogP contribution in [0.2, 0.25) is 0 Å². The fourth-order valence-electron chi connectivity index (χ4n) is 4.25. The molecular weight excluding hydrogens is 316 g/mol. The summed E-state index contributed by atoms with van der Waals surface area (Å²) in [4.78, 5) is 14.1. The molecule has 1 amide bonds. The van der Waals surface area contributed by atoms with E-state index in [2.05, 4.69) is 34.5 Å². The maximum atomic E-state index is 11.7. The molecule has 1 aromatic carbocycles. The molecular formula is C20H30N2O3. The topological polar surface area (TPSA) is 61.8 Å². The first kappa shape index (κ1) is 18.2. The molecule has 1 aliphatic carbocycles. The van der Waals surface area contributed by atoms with E-state index >= 15 is 0 Å². The van der Waals surface area contributed by atoms with Crippen molar-refractivity contribution in [2.24, 2.45) is 17.8 Å². The minimum Gasteiger partial charge on any atom is -0.444 e. The molecule has 5 nitrogen and oxygen atoms in total. The van der Waals surface area contributed by atoms with Crippen molar-refractivity contribution in [2.45, 2.75) is 45.4 Å². The number of carbonyl (C=O) groups is 1. The molecule has 5 heteroatoms. The second-order valence-corrected chi connectivity index (χ2v) is 8.29. The number of benzene rings is 1. The van der Waals surface area contributed by atoms with E-state index in [-0.39, 0.29) is 18.7 Å². The molecule has 138 valence electrons. The van der Waals surface area contributed by atoms with Crippen LogP contribution in [0, 0.1) is 17.8 Å². The van der Waals surface area contributed by atoms with Gasteiger partial charge in [0.15, 0.2) is 0 Å². The molecule has 2 N–H and O–H groups in total. The Hall–Kier alpha value is -1.59. The largest absolute Gasteiger partial charge is 0.444 e. The number of piperidine rings is 1. The number of nitrogens with zero attached hydrogens (tertiary/aromatic N) is 1. The number of likely N-dealkylation sites (tertiary alicyclic amines) is 1. The first-order chi connectivity index (χ1) is 11.9. The van der Waals surface area contributed by atoms with Crippen LogP contribution in [0.1, 0.15) is 32.8 Å². The van der Waals surface area contributed by atoms with Gasteiger partial charge in [0, 0.05) is 25.7 Å². The third-order valence-corrected chi connectivity index (χ3v) is 5.32. The molecule has 3 rings (SSSR count). The van der Waals surface area contributed by atoms with Crippen LogP contribution in [0.3, 0.4) is 0 Å². The molecule has 1 saturated carbocycles. The summed E-state index contributed by atoms with van der Waals surface area (Å²) in [5, 5.41) is 12.7. The van der Waals surface area contributed by atoms with Crippen LogP contribution in [0.15, 0.2) is 30.3 Å². The van der Waals surface area contributed by atoms with E-state index in [0.29, 0.717) is 24.3 Å². The Labute approximate surface area is 150 Å². The number of ether oxygens (including phenoxy) is 1. The molecule has 1 heterocycles. The monoisotopic (exact) mass is 346 g/mol. The van der Waals surface area contributed by atoms with Crippen LogP contribution in [0.25, 0.3) is 0 Å². The van der Waals surface area contributed by atoms with E-state index in [9.17, 15) is 9.90 Å². The lowest BCUT2D eigenvalue weighted by Crippen LogP contribution is -2.37. The molecule has 2 aliphatic rings. The van der Waals surface area contributed by atoms with E-state index < -0.39 is 5.60 Å². The summed E-state index contributed by atoms with van der Waals surface area (Å²) in [5.41, 5.74) is 0.838. The van der Waals surface area contributed by atoms with Crippen molar-refractivity contribution in [3.05, 3.63) is 35.9 Å². The van der Waals surface area contributed by atoms with Gasteiger partial charge in [-0.1, -0.05) is 30.3 Å². The standard InChI is InChI=1S/C20H30N2O3/c1-20(2,3)25-19(24)21-10-9-15-16-12-22(17(13-23)18(15)16)11-14-7-5-4-6-8-14/h4-8,15-18,23H,9-13H2,1-3H3,(H,21,24)/t15-,16-,17-,18+/m1/s1. The van der Waals surface area contributed by atoms with Gasteiger partial charge in [-0.15, -0.1) is 0 Å². The lowest BCUT2D eigenvalue weighted by atomic mass is 10.1. The van der Waals surface area contributed by atoms with Gasteiger partial charge in [0.05, 0.1) is 6.61 Å². The molecule has 1 aromatic rings. The number of nitrogens with one attached hydrogen (secondary N) is 1. The van der Waals surface area contributed by atoms with E-state index in [0.717, 1.165) is 19.5 Å². The van der Waals surface area contributed by atoms with Crippen LogP contribution in [-0.4, -0.2) is 47.4 Å². The normalized spacial score (nSPS) is 28.5. The van der Waals surface area contributed by atoms with Gasteiger partial charge in [0.2, 0.25) is 0 Å². The minimum absolute atomic E-state index is 0.212. The molecule has 25 heavy (non-hydrogen) atoms. The summed E-state index contributed by atoms with van der Waals surface area (Å²) in [6.07, 6.45) is 0.618. The third kappa shape index (κ3) is 4.53. The molecule has 4 atom stereocenters. The summed E-state index contributed by atoms with van der Waals surface area (Å²) in [7, 11) is 0. The highest BCUT2D eigenvalue weighted by Gasteiger charge is 2.59. The highest BCUT2D eigenvalue weighted by atomic mass is 16.6. The van der Waals surface area contributed by atoms with Crippen molar-refractivity contribution in [2.75, 3.05) is 19.7 Å². The first-order valence-electron chi connectivity index (χ1n) is 9.25. The van der Waals surface area contributed by atoms with Gasteiger partial charge < -0.3 is 15.2 Å². The van der Waals surface area contributed by atoms with Gasteiger partial charge in [0.1, 0.15) is 5.60 Å². The zero-order valence-corrected chi connectivity index (χ0v) is 15.4. The second kappa shape index (κ2) is 7.34. The zero-order valence-electron chi connectivity index (χ0n) is 15.4. The average Bonchev–Trinajstić information content (AvgIpc) is 3.06. The predicted octanol–water partition coefficient (Wildman–Crippen LogP) is 2.64. The maximum Gasteiger partial charge on any atom is 0.407 e. The third-order valence-electron chi connectivity index (χ3n) is 5.32. The van der Waals surface area contributed by atoms with Crippen LogP contribution >= 0.6 is 0 Å². The molecule has 0 unspecified atom stereocenters. The average molecular weight is 346 g/mol. The number of aliphatic hydroxyl groups excluding tert-OH is 1. The Bertz CT molecular complexity index is 584. The van der Waals surface area contributed by atoms with Gasteiger partial charge in [0.25, 0.3) is 0 Å². The number of rotatable bonds is 6. The Morgan fingerprint density at radius 1 is 1.32 bits per heavy atom. The molecule has 0 spiro atoms. The number of amides is 1. The Morgan fingerprint density at radius 2 is 2.04 bits per heavy atom. The molecule has 0 aromatic heterocycles. The van der Waals surface area contributed by atoms with Crippen LogP contribution < -0.4 is 5.32 Å². The van der Waals surface area contributed by atoms with Crippen LogP contribution in [-0.2, 0) is 11.3 Å². The molecule has 1 saturated heterocycles. The van der Waals surface area contributed by atoms with Crippen molar-refractivity contribution in [3.8, 4) is 0 Å². The quantitative estimate of drug-likeness (QED) is 0.831. The second-order valence-electron chi connectivity index (χ2n) is 8.29. The van der Waals surface area contributed by atoms with E-state index in [4.69, 9.17) is 4.74 Å². The maximum absolute atomic E-state index is 11.7. The number of carbonyl (C=O) groups excluding carboxylic acids is 1. The molecule has 0 radical (unpaired) electrons. The van der Waals surface area contributed by atoms with Crippen molar-refractivity contribution in [1.29, 1.82) is 0 Å². The first-order valence-corrected chi connectivity index (χ1v) is 9.25. The summed E-state index contributed by atoms with van der Waals surface area (Å²) in [6, 6.07) is 10.7. The number of hydrogen-bond donors (Lipinski definition) is 2. The van der Waals surface area contributed by atoms with Crippen molar-refractivity contribution in [3.63, 3.8) is 0 Å². The summed E-state index contributed by atoms with van der Waals surface area (Å²) < 4.78 is 5.26. The van der Waals surface area contributed by atoms with Crippen molar-refractivity contribution >= 4 is 6.09 Å². The van der Waals surface area contributed by atoms with E-state index in [1.54, 1.807) is 0 Å². The van der Waals surface area contributed by atoms with Crippen molar-refractivity contribution in [1.82, 2.24) is 10.2 Å². The predicted molar refractivity (Wildman–Crippen MR) is 97.0 cm³/mol. The smallest absolute Gasteiger partial charge is 0.407 e. The summed E-state index contributed by atoms with van der Waals surface area (Å²) in [6.45, 7) is 8.40. The van der Waals surface area contributed by atoms with Gasteiger partial charge in [-0.2, -0.15) is 0 Å². The highest BCUT2D eigenvalue weighted by Crippen LogP contribution is 2.57. The van der Waals surface area contributed by atoms with Crippen molar-refractivity contribution < 1.29 is 14.6 Å². The van der Waals surface area contributed by atoms with Crippen LogP contribution in [0.4, 0.5) is 4.79 Å². The molecule has 2 fully saturated rings. The summed E-state index contributed by atoms with van der Waals surface area (Å²) >= 11 is 0. The Balaban J connectivity index is 1.43. The lowest BCUT2D eigenvalue weighted by molar-refractivity contribution is 0.0524. The fourth-order valence-corrected chi connectivity index (χ4v) is 4.25. The van der Waals surface area contributed by atoms with E-state index in [1.807, 2.05) is 26.8 Å². The van der Waals surface area contributed by atoms with Gasteiger partial charge in [-0.05, 0) is 50.5 Å². The zero-order chi connectivity index (χ0) is 18.0. The highest BCUT2D eigenvalue weighted by molar-refractivity contribution is 5.67. The van der Waals surface area contributed by atoms with Gasteiger partial charge >= 0.3 is 6.09 Å². The Morgan fingerprint density at radius 3 is 2.68 bits per heavy atom.